The molecule has 314 valence electrons. The van der Waals surface area contributed by atoms with Gasteiger partial charge in [-0.3, -0.25) is 0 Å². The van der Waals surface area contributed by atoms with E-state index in [2.05, 4.69) is 46.9 Å². The molecule has 2 N–H and O–H groups in total. The van der Waals surface area contributed by atoms with E-state index in [0.717, 1.165) is 39.5 Å². The minimum absolute atomic E-state index is 0.166. The quantitative estimate of drug-likeness (QED) is 0.0614. The fraction of sp³-hybridized carbons (Fsp3) is 0.979. The molecule has 0 radical (unpaired) electrons. The molecule has 5 heteroatoms. The van der Waals surface area contributed by atoms with Crippen LogP contribution in [-0.2, 0) is 9.47 Å². The zero-order valence-corrected chi connectivity index (χ0v) is 36.8. The van der Waals surface area contributed by atoms with E-state index in [1.165, 1.54) is 193 Å². The fourth-order valence-electron chi connectivity index (χ4n) is 7.19. The molecule has 0 aliphatic heterocycles. The molecule has 0 fully saturated rings. The smallest absolute Gasteiger partial charge is 0.407 e. The molecular weight excluding hydrogens is 643 g/mol. The Morgan fingerprint density at radius 3 is 1.21 bits per heavy atom. The van der Waals surface area contributed by atoms with Gasteiger partial charge in [-0.25, -0.2) is 4.79 Å². The number of aliphatic hydroxyl groups is 1. The number of amides is 1. The third-order valence-electron chi connectivity index (χ3n) is 10.8. The van der Waals surface area contributed by atoms with Crippen molar-refractivity contribution < 1.29 is 19.4 Å². The van der Waals surface area contributed by atoms with E-state index in [1.807, 2.05) is 0 Å². The van der Waals surface area contributed by atoms with Crippen molar-refractivity contribution >= 4 is 6.09 Å². The minimum Gasteiger partial charge on any atom is -0.450 e. The van der Waals surface area contributed by atoms with Crippen LogP contribution in [0.25, 0.3) is 0 Å². The first-order valence-electron chi connectivity index (χ1n) is 23.3. The first-order valence-corrected chi connectivity index (χ1v) is 23.3. The van der Waals surface area contributed by atoms with Crippen molar-refractivity contribution in [1.29, 1.82) is 0 Å². The molecule has 1 amide bonds. The maximum atomic E-state index is 12.6. The summed E-state index contributed by atoms with van der Waals surface area (Å²) in [6.45, 7) is 15.4. The number of hydrogen-bond acceptors (Lipinski definition) is 4. The van der Waals surface area contributed by atoms with Gasteiger partial charge in [-0.15, -0.1) is 0 Å². The number of unbranched alkanes of at least 4 members (excludes halogenated alkanes) is 26. The zero-order chi connectivity index (χ0) is 38.8. The first kappa shape index (κ1) is 53.3. The summed E-state index contributed by atoms with van der Waals surface area (Å²) in [7, 11) is 1.00. The van der Waals surface area contributed by atoms with Crippen molar-refractivity contribution in [2.45, 2.75) is 259 Å². The SMILES string of the molecule is CCCCCCCCCCCCCCCCC(CCCCCCCCCCCCCCCC)CNC(=O)OCCCC(C)(C)OCCC(C)C.CO. The van der Waals surface area contributed by atoms with Crippen molar-refractivity contribution in [2.75, 3.05) is 26.9 Å². The van der Waals surface area contributed by atoms with Crippen molar-refractivity contribution in [2.24, 2.45) is 11.8 Å². The minimum atomic E-state index is -0.240. The highest BCUT2D eigenvalue weighted by Gasteiger charge is 2.18. The van der Waals surface area contributed by atoms with Crippen molar-refractivity contribution in [3.05, 3.63) is 0 Å². The number of ether oxygens (including phenoxy) is 2. The molecule has 0 aromatic heterocycles. The molecule has 0 rings (SSSR count). The van der Waals surface area contributed by atoms with Crippen LogP contribution in [-0.4, -0.2) is 43.7 Å². The van der Waals surface area contributed by atoms with Gasteiger partial charge < -0.3 is 19.9 Å². The van der Waals surface area contributed by atoms with Crippen LogP contribution in [0.1, 0.15) is 253 Å². The van der Waals surface area contributed by atoms with E-state index < -0.39 is 0 Å². The Labute approximate surface area is 327 Å². The summed E-state index contributed by atoms with van der Waals surface area (Å²) < 4.78 is 11.7. The van der Waals surface area contributed by atoms with E-state index in [4.69, 9.17) is 14.6 Å². The summed E-state index contributed by atoms with van der Waals surface area (Å²) in [6.07, 6.45) is 44.3. The highest BCUT2D eigenvalue weighted by atomic mass is 16.5. The van der Waals surface area contributed by atoms with Crippen LogP contribution in [0.5, 0.6) is 0 Å². The van der Waals surface area contributed by atoms with Crippen LogP contribution in [0.3, 0.4) is 0 Å². The second-order valence-corrected chi connectivity index (χ2v) is 17.0. The Balaban J connectivity index is 0. The molecule has 0 atom stereocenters. The standard InChI is InChI=1S/C46H93NO3.CH4O/c1-7-9-11-13-15-17-19-21-23-25-27-29-31-33-36-44(37-34-32-30-28-26-24-22-20-18-16-14-12-10-8-2)42-47-45(48)49-40-35-39-46(5,6)50-41-38-43(3)4;1-2/h43-44H,7-42H2,1-6H3,(H,47,48);2H,1H3. The Morgan fingerprint density at radius 1 is 0.519 bits per heavy atom. The van der Waals surface area contributed by atoms with E-state index in [9.17, 15) is 4.79 Å². The molecule has 0 saturated carbocycles. The van der Waals surface area contributed by atoms with Crippen molar-refractivity contribution in [3.8, 4) is 0 Å². The fourth-order valence-corrected chi connectivity index (χ4v) is 7.19. The number of nitrogens with one attached hydrogen (secondary N) is 1. The Hall–Kier alpha value is -0.810. The van der Waals surface area contributed by atoms with E-state index in [1.54, 1.807) is 0 Å². The second-order valence-electron chi connectivity index (χ2n) is 17.0. The summed E-state index contributed by atoms with van der Waals surface area (Å²) in [6, 6.07) is 0. The lowest BCUT2D eigenvalue weighted by atomic mass is 9.94. The topological polar surface area (TPSA) is 67.8 Å². The molecular formula is C47H97NO4. The van der Waals surface area contributed by atoms with Crippen molar-refractivity contribution in [1.82, 2.24) is 5.32 Å². The van der Waals surface area contributed by atoms with E-state index in [0.29, 0.717) is 18.4 Å². The number of carbonyl (C=O) groups excluding carboxylic acids is 1. The lowest BCUT2D eigenvalue weighted by Crippen LogP contribution is -2.31. The third-order valence-corrected chi connectivity index (χ3v) is 10.8. The van der Waals surface area contributed by atoms with Crippen LogP contribution in [0, 0.1) is 11.8 Å². The van der Waals surface area contributed by atoms with Gasteiger partial charge in [-0.2, -0.15) is 0 Å². The maximum absolute atomic E-state index is 12.6. The zero-order valence-electron chi connectivity index (χ0n) is 36.8. The highest BCUT2D eigenvalue weighted by Crippen LogP contribution is 2.21. The average Bonchev–Trinajstić information content (AvgIpc) is 3.12. The lowest BCUT2D eigenvalue weighted by Gasteiger charge is -2.25. The molecule has 0 aromatic rings. The van der Waals surface area contributed by atoms with Gasteiger partial charge in [-0.1, -0.05) is 207 Å². The normalized spacial score (nSPS) is 11.7. The largest absolute Gasteiger partial charge is 0.450 e. The van der Waals surface area contributed by atoms with Gasteiger partial charge in [0.2, 0.25) is 0 Å². The second kappa shape index (κ2) is 42.9. The number of aliphatic hydroxyl groups excluding tert-OH is 1. The molecule has 0 aliphatic carbocycles. The lowest BCUT2D eigenvalue weighted by molar-refractivity contribution is -0.0315. The van der Waals surface area contributed by atoms with Gasteiger partial charge in [0.15, 0.2) is 0 Å². The van der Waals surface area contributed by atoms with E-state index in [-0.39, 0.29) is 11.7 Å². The van der Waals surface area contributed by atoms with Crippen LogP contribution in [0.15, 0.2) is 0 Å². The Bertz CT molecular complexity index is 650. The molecule has 52 heavy (non-hydrogen) atoms. The highest BCUT2D eigenvalue weighted by molar-refractivity contribution is 5.67. The number of alkyl carbamates (subject to hydrolysis) is 1. The molecule has 0 unspecified atom stereocenters. The molecule has 5 nitrogen and oxygen atoms in total. The molecule has 0 bridgehead atoms. The molecule has 0 aromatic carbocycles. The van der Waals surface area contributed by atoms with Gasteiger partial charge in [0, 0.05) is 20.3 Å². The van der Waals surface area contributed by atoms with Gasteiger partial charge >= 0.3 is 6.09 Å². The number of carbonyl (C=O) groups is 1. The average molecular weight is 740 g/mol. The molecule has 0 aliphatic rings. The van der Waals surface area contributed by atoms with Crippen molar-refractivity contribution in [3.63, 3.8) is 0 Å². The van der Waals surface area contributed by atoms with Crippen LogP contribution in [0.4, 0.5) is 4.79 Å². The van der Waals surface area contributed by atoms with Crippen LogP contribution in [0.2, 0.25) is 0 Å². The summed E-state index contributed by atoms with van der Waals surface area (Å²) in [5.41, 5.74) is -0.166. The van der Waals surface area contributed by atoms with Crippen LogP contribution < -0.4 is 5.32 Å². The predicted octanol–water partition coefficient (Wildman–Crippen LogP) is 15.3. The van der Waals surface area contributed by atoms with Gasteiger partial charge in [0.05, 0.1) is 12.2 Å². The summed E-state index contributed by atoms with van der Waals surface area (Å²) in [5.74, 6) is 1.23. The Morgan fingerprint density at radius 2 is 0.865 bits per heavy atom. The Kier molecular flexibility index (Phi) is 44.0. The number of hydrogen-bond donors (Lipinski definition) is 2. The molecule has 0 heterocycles. The monoisotopic (exact) mass is 740 g/mol. The number of rotatable bonds is 40. The first-order chi connectivity index (χ1) is 25.3. The van der Waals surface area contributed by atoms with Gasteiger partial charge in [0.25, 0.3) is 0 Å². The van der Waals surface area contributed by atoms with Crippen LogP contribution >= 0.6 is 0 Å². The van der Waals surface area contributed by atoms with Gasteiger partial charge in [-0.05, 0) is 57.8 Å². The summed E-state index contributed by atoms with van der Waals surface area (Å²) in [5, 5.41) is 10.1. The van der Waals surface area contributed by atoms with E-state index >= 15 is 0 Å². The molecule has 0 spiro atoms. The predicted molar refractivity (Wildman–Crippen MR) is 230 cm³/mol. The summed E-state index contributed by atoms with van der Waals surface area (Å²) >= 11 is 0. The molecule has 0 saturated heterocycles. The summed E-state index contributed by atoms with van der Waals surface area (Å²) in [4.78, 5) is 12.6. The third kappa shape index (κ3) is 43.6. The maximum Gasteiger partial charge on any atom is 0.407 e. The van der Waals surface area contributed by atoms with Gasteiger partial charge in [0.1, 0.15) is 0 Å².